The first-order chi connectivity index (χ1) is 34.0. The smallest absolute Gasteiger partial charge is 0.306 e. The maximum absolute atomic E-state index is 12.8. The molecule has 1 unspecified atom stereocenters. The van der Waals surface area contributed by atoms with Crippen LogP contribution in [0.15, 0.2) is 85.1 Å². The fraction of sp³-hybridized carbons (Fsp3) is 0.730. The van der Waals surface area contributed by atoms with Gasteiger partial charge in [-0.25, -0.2) is 0 Å². The summed E-state index contributed by atoms with van der Waals surface area (Å²) in [5, 5.41) is 0. The van der Waals surface area contributed by atoms with E-state index in [1.54, 1.807) is 0 Å². The SMILES string of the molecule is CC/C=C\C/C=C\C/C=C\C/C=C\CCC(=O)OCC(COC(=O)CCCCCCCCCCCCC/C=C\C/C=C\CCCCCCC)OC(=O)CCCCCCC/C=C\CCCCCCCC. The summed E-state index contributed by atoms with van der Waals surface area (Å²) in [4.78, 5) is 38.1. The molecule has 0 radical (unpaired) electrons. The molecule has 0 spiro atoms. The molecule has 0 bridgehead atoms. The highest BCUT2D eigenvalue weighted by Gasteiger charge is 2.19. The molecule has 0 aromatic heterocycles. The number of ether oxygens (including phenoxy) is 3. The molecule has 0 fully saturated rings. The molecule has 0 aliphatic rings. The molecule has 69 heavy (non-hydrogen) atoms. The lowest BCUT2D eigenvalue weighted by Crippen LogP contribution is -2.30. The second kappa shape index (κ2) is 57.2. The van der Waals surface area contributed by atoms with E-state index in [0.717, 1.165) is 83.5 Å². The third kappa shape index (κ3) is 55.4. The highest BCUT2D eigenvalue weighted by Crippen LogP contribution is 2.15. The Labute approximate surface area is 426 Å². The summed E-state index contributed by atoms with van der Waals surface area (Å²) >= 11 is 0. The van der Waals surface area contributed by atoms with Crippen LogP contribution in [0, 0.1) is 0 Å². The quantitative estimate of drug-likeness (QED) is 0.0262. The zero-order valence-corrected chi connectivity index (χ0v) is 45.3. The molecule has 0 rings (SSSR count). The van der Waals surface area contributed by atoms with Gasteiger partial charge in [-0.3, -0.25) is 14.4 Å². The zero-order valence-electron chi connectivity index (χ0n) is 45.3. The molecule has 0 amide bonds. The summed E-state index contributed by atoms with van der Waals surface area (Å²) in [5.41, 5.74) is 0. The van der Waals surface area contributed by atoms with Gasteiger partial charge in [0.15, 0.2) is 6.10 Å². The van der Waals surface area contributed by atoms with E-state index in [1.807, 2.05) is 6.08 Å². The van der Waals surface area contributed by atoms with Crippen LogP contribution in [-0.4, -0.2) is 37.2 Å². The van der Waals surface area contributed by atoms with Crippen molar-refractivity contribution in [3.05, 3.63) is 85.1 Å². The van der Waals surface area contributed by atoms with Gasteiger partial charge in [-0.2, -0.15) is 0 Å². The lowest BCUT2D eigenvalue weighted by atomic mass is 10.0. The van der Waals surface area contributed by atoms with Gasteiger partial charge in [0.05, 0.1) is 0 Å². The average molecular weight is 962 g/mol. The molecular formula is C63H108O6. The molecule has 6 heteroatoms. The van der Waals surface area contributed by atoms with Crippen molar-refractivity contribution >= 4 is 17.9 Å². The van der Waals surface area contributed by atoms with Gasteiger partial charge in [0.2, 0.25) is 0 Å². The maximum atomic E-state index is 12.8. The van der Waals surface area contributed by atoms with Gasteiger partial charge < -0.3 is 14.2 Å². The van der Waals surface area contributed by atoms with E-state index < -0.39 is 6.10 Å². The van der Waals surface area contributed by atoms with Crippen molar-refractivity contribution in [1.29, 1.82) is 0 Å². The molecule has 0 saturated heterocycles. The van der Waals surface area contributed by atoms with Crippen molar-refractivity contribution in [3.8, 4) is 0 Å². The second-order valence-corrected chi connectivity index (χ2v) is 19.2. The fourth-order valence-corrected chi connectivity index (χ4v) is 8.01. The summed E-state index contributed by atoms with van der Waals surface area (Å²) in [7, 11) is 0. The summed E-state index contributed by atoms with van der Waals surface area (Å²) in [6, 6.07) is 0. The van der Waals surface area contributed by atoms with E-state index in [9.17, 15) is 14.4 Å². The van der Waals surface area contributed by atoms with Crippen LogP contribution in [0.2, 0.25) is 0 Å². The second-order valence-electron chi connectivity index (χ2n) is 19.2. The van der Waals surface area contributed by atoms with Gasteiger partial charge in [-0.15, -0.1) is 0 Å². The Morgan fingerprint density at radius 2 is 0.594 bits per heavy atom. The number of unbranched alkanes of at least 4 members (excludes halogenated alkanes) is 27. The highest BCUT2D eigenvalue weighted by molar-refractivity contribution is 5.71. The lowest BCUT2D eigenvalue weighted by molar-refractivity contribution is -0.166. The summed E-state index contributed by atoms with van der Waals surface area (Å²) in [6.45, 7) is 6.45. The minimum atomic E-state index is -0.810. The van der Waals surface area contributed by atoms with Crippen LogP contribution in [0.4, 0.5) is 0 Å². The maximum Gasteiger partial charge on any atom is 0.306 e. The van der Waals surface area contributed by atoms with Crippen LogP contribution in [0.3, 0.4) is 0 Å². The van der Waals surface area contributed by atoms with Crippen molar-refractivity contribution in [1.82, 2.24) is 0 Å². The van der Waals surface area contributed by atoms with Crippen molar-refractivity contribution in [3.63, 3.8) is 0 Å². The summed E-state index contributed by atoms with van der Waals surface area (Å²) < 4.78 is 16.8. The molecular weight excluding hydrogens is 853 g/mol. The molecule has 0 aromatic rings. The minimum Gasteiger partial charge on any atom is -0.462 e. The van der Waals surface area contributed by atoms with Gasteiger partial charge in [-0.05, 0) is 103 Å². The largest absolute Gasteiger partial charge is 0.462 e. The molecule has 396 valence electrons. The Balaban J connectivity index is 4.37. The Morgan fingerprint density at radius 3 is 0.986 bits per heavy atom. The Bertz CT molecular complexity index is 1330. The van der Waals surface area contributed by atoms with Gasteiger partial charge in [0, 0.05) is 19.3 Å². The fourth-order valence-electron chi connectivity index (χ4n) is 8.01. The van der Waals surface area contributed by atoms with Crippen molar-refractivity contribution in [2.45, 2.75) is 284 Å². The number of carbonyl (C=O) groups excluding carboxylic acids is 3. The van der Waals surface area contributed by atoms with E-state index in [2.05, 4.69) is 99.8 Å². The minimum absolute atomic E-state index is 0.102. The van der Waals surface area contributed by atoms with E-state index >= 15 is 0 Å². The molecule has 0 aromatic carbocycles. The van der Waals surface area contributed by atoms with Gasteiger partial charge in [0.25, 0.3) is 0 Å². The number of hydrogen-bond acceptors (Lipinski definition) is 6. The van der Waals surface area contributed by atoms with Gasteiger partial charge in [0.1, 0.15) is 13.2 Å². The van der Waals surface area contributed by atoms with Crippen LogP contribution in [0.1, 0.15) is 278 Å². The van der Waals surface area contributed by atoms with E-state index in [-0.39, 0.29) is 37.5 Å². The van der Waals surface area contributed by atoms with Crippen LogP contribution >= 0.6 is 0 Å². The van der Waals surface area contributed by atoms with E-state index in [4.69, 9.17) is 14.2 Å². The molecule has 0 saturated carbocycles. The molecule has 0 aliphatic heterocycles. The first-order valence-corrected chi connectivity index (χ1v) is 29.1. The molecule has 0 aliphatic carbocycles. The number of hydrogen-bond donors (Lipinski definition) is 0. The van der Waals surface area contributed by atoms with Crippen LogP contribution in [-0.2, 0) is 28.6 Å². The van der Waals surface area contributed by atoms with Crippen LogP contribution in [0.25, 0.3) is 0 Å². The van der Waals surface area contributed by atoms with Crippen molar-refractivity contribution in [2.75, 3.05) is 13.2 Å². The predicted molar refractivity (Wildman–Crippen MR) is 297 cm³/mol. The number of esters is 3. The summed E-state index contributed by atoms with van der Waals surface area (Å²) in [6.07, 6.45) is 74.5. The Hall–Kier alpha value is -3.41. The third-order valence-corrected chi connectivity index (χ3v) is 12.4. The predicted octanol–water partition coefficient (Wildman–Crippen LogP) is 19.5. The molecule has 0 N–H and O–H groups in total. The third-order valence-electron chi connectivity index (χ3n) is 12.4. The van der Waals surface area contributed by atoms with Crippen LogP contribution < -0.4 is 0 Å². The number of carbonyl (C=O) groups is 3. The van der Waals surface area contributed by atoms with Gasteiger partial charge in [-0.1, -0.05) is 241 Å². The van der Waals surface area contributed by atoms with Gasteiger partial charge >= 0.3 is 17.9 Å². The number of allylic oxidation sites excluding steroid dienone is 14. The monoisotopic (exact) mass is 961 g/mol. The molecule has 1 atom stereocenters. The zero-order chi connectivity index (χ0) is 50.0. The lowest BCUT2D eigenvalue weighted by Gasteiger charge is -2.18. The highest BCUT2D eigenvalue weighted by atomic mass is 16.6. The normalized spacial score (nSPS) is 12.7. The topological polar surface area (TPSA) is 78.9 Å². The standard InChI is InChI=1S/C63H108O6/c1-4-7-10-13-16-19-22-25-27-28-29-30-31-32-33-34-36-38-41-44-47-50-53-56-62(65)68-59-60(58-67-61(64)55-52-49-46-43-40-37-24-21-18-15-12-9-6-3)69-63(66)57-54-51-48-45-42-39-35-26-23-20-17-14-11-8-5-2/h9,12,18,21-22,25-26,28-29,35,37,40,46,49,60H,4-8,10-11,13-17,19-20,23-24,27,30-34,36,38-39,41-45,47-48,50-59H2,1-3H3/b12-9-,21-18-,25-22-,29-28-,35-26-,40-37-,49-46-. The molecule has 0 heterocycles. The molecule has 6 nitrogen and oxygen atoms in total. The summed E-state index contributed by atoms with van der Waals surface area (Å²) in [5.74, 6) is -0.993. The average Bonchev–Trinajstić information content (AvgIpc) is 3.35. The first kappa shape index (κ1) is 65.6. The van der Waals surface area contributed by atoms with Crippen molar-refractivity contribution in [2.24, 2.45) is 0 Å². The van der Waals surface area contributed by atoms with E-state index in [0.29, 0.717) is 19.3 Å². The Morgan fingerprint density at radius 1 is 0.304 bits per heavy atom. The number of rotatable bonds is 52. The first-order valence-electron chi connectivity index (χ1n) is 29.1. The van der Waals surface area contributed by atoms with E-state index in [1.165, 1.54) is 148 Å². The van der Waals surface area contributed by atoms with Crippen molar-refractivity contribution < 1.29 is 28.6 Å². The van der Waals surface area contributed by atoms with Crippen LogP contribution in [0.5, 0.6) is 0 Å². The Kier molecular flexibility index (Phi) is 54.3.